The van der Waals surface area contributed by atoms with Crippen molar-refractivity contribution >= 4 is 0 Å². The molecule has 1 N–H and O–H groups in total. The number of hydrogen-bond acceptors (Lipinski definition) is 2. The number of piperidine rings is 1. The van der Waals surface area contributed by atoms with Gasteiger partial charge >= 0.3 is 0 Å². The van der Waals surface area contributed by atoms with Crippen LogP contribution in [-0.4, -0.2) is 19.2 Å². The lowest BCUT2D eigenvalue weighted by molar-refractivity contribution is 0.254. The number of nitrogens with one attached hydrogen (secondary N) is 1. The molecule has 2 atom stereocenters. The highest BCUT2D eigenvalue weighted by atomic mass is 16.5. The minimum Gasteiger partial charge on any atom is -0.490 e. The molecule has 1 fully saturated rings. The summed E-state index contributed by atoms with van der Waals surface area (Å²) in [6.07, 6.45) is 4.05. The molecule has 0 aliphatic carbocycles. The van der Waals surface area contributed by atoms with E-state index in [-0.39, 0.29) is 0 Å². The number of hydrogen-bond donors (Lipinski definition) is 1. The van der Waals surface area contributed by atoms with Crippen molar-refractivity contribution in [1.82, 2.24) is 5.32 Å². The van der Waals surface area contributed by atoms with Crippen LogP contribution in [0.5, 0.6) is 5.75 Å². The van der Waals surface area contributed by atoms with E-state index in [0.717, 1.165) is 18.7 Å². The molecule has 0 spiro atoms. The van der Waals surface area contributed by atoms with Crippen LogP contribution < -0.4 is 10.1 Å². The summed E-state index contributed by atoms with van der Waals surface area (Å²) in [4.78, 5) is 0. The van der Waals surface area contributed by atoms with Gasteiger partial charge in [0.1, 0.15) is 11.9 Å². The van der Waals surface area contributed by atoms with Crippen molar-refractivity contribution in [1.29, 1.82) is 0 Å². The maximum Gasteiger partial charge on any atom is 0.123 e. The van der Waals surface area contributed by atoms with Gasteiger partial charge in [0.2, 0.25) is 0 Å². The zero-order valence-electron chi connectivity index (χ0n) is 9.83. The highest BCUT2D eigenvalue weighted by Crippen LogP contribution is 2.33. The summed E-state index contributed by atoms with van der Waals surface area (Å²) in [6.45, 7) is 4.46. The van der Waals surface area contributed by atoms with Gasteiger partial charge in [-0.05, 0) is 49.4 Å². The van der Waals surface area contributed by atoms with Crippen molar-refractivity contribution < 1.29 is 4.74 Å². The monoisotopic (exact) mass is 217 g/mol. The zero-order chi connectivity index (χ0) is 11.0. The molecule has 2 aliphatic heterocycles. The molecule has 2 aliphatic rings. The van der Waals surface area contributed by atoms with Crippen molar-refractivity contribution in [2.24, 2.45) is 0 Å². The van der Waals surface area contributed by atoms with Crippen molar-refractivity contribution in [3.05, 3.63) is 29.3 Å². The fraction of sp³-hybridized carbons (Fsp3) is 0.571. The van der Waals surface area contributed by atoms with E-state index in [1.165, 1.54) is 30.5 Å². The third-order valence-corrected chi connectivity index (χ3v) is 3.69. The Kier molecular flexibility index (Phi) is 2.60. The van der Waals surface area contributed by atoms with Crippen LogP contribution in [0.1, 0.15) is 36.8 Å². The summed E-state index contributed by atoms with van der Waals surface area (Å²) < 4.78 is 5.73. The third kappa shape index (κ3) is 1.82. The van der Waals surface area contributed by atoms with Crippen LogP contribution in [0.3, 0.4) is 0 Å². The van der Waals surface area contributed by atoms with Gasteiger partial charge in [0, 0.05) is 13.0 Å². The number of benzene rings is 1. The Morgan fingerprint density at radius 2 is 2.31 bits per heavy atom. The van der Waals surface area contributed by atoms with Gasteiger partial charge in [0.15, 0.2) is 0 Å². The molecule has 2 heteroatoms. The second-order valence-electron chi connectivity index (χ2n) is 5.04. The highest BCUT2D eigenvalue weighted by Gasteiger charge is 2.21. The Hall–Kier alpha value is -1.02. The van der Waals surface area contributed by atoms with Crippen LogP contribution in [0.15, 0.2) is 18.2 Å². The molecular weight excluding hydrogens is 198 g/mol. The zero-order valence-corrected chi connectivity index (χ0v) is 9.83. The number of ether oxygens (including phenoxy) is 1. The molecule has 86 valence electrons. The molecule has 2 nitrogen and oxygen atoms in total. The fourth-order valence-electron chi connectivity index (χ4n) is 2.83. The maximum atomic E-state index is 5.73. The fourth-order valence-corrected chi connectivity index (χ4v) is 2.83. The standard InChI is InChI=1S/C14H19NO/c1-10-7-13-8-11(4-5-14(13)16-10)12-3-2-6-15-9-12/h4-5,8,10,12,15H,2-3,6-7,9H2,1H3. The van der Waals surface area contributed by atoms with Crippen LogP contribution in [0.4, 0.5) is 0 Å². The lowest BCUT2D eigenvalue weighted by atomic mass is 9.90. The Morgan fingerprint density at radius 3 is 3.12 bits per heavy atom. The molecule has 0 bridgehead atoms. The summed E-state index contributed by atoms with van der Waals surface area (Å²) in [5.74, 6) is 1.80. The first-order valence-electron chi connectivity index (χ1n) is 6.33. The van der Waals surface area contributed by atoms with Gasteiger partial charge in [-0.1, -0.05) is 12.1 Å². The largest absolute Gasteiger partial charge is 0.490 e. The predicted molar refractivity (Wildman–Crippen MR) is 65.1 cm³/mol. The van der Waals surface area contributed by atoms with Gasteiger partial charge in [-0.2, -0.15) is 0 Å². The van der Waals surface area contributed by atoms with Crippen LogP contribution in [-0.2, 0) is 6.42 Å². The normalized spacial score (nSPS) is 28.6. The Balaban J connectivity index is 1.84. The molecule has 0 saturated carbocycles. The molecule has 0 radical (unpaired) electrons. The predicted octanol–water partition coefficient (Wildman–Crippen LogP) is 2.48. The second-order valence-corrected chi connectivity index (χ2v) is 5.04. The van der Waals surface area contributed by atoms with Gasteiger partial charge in [-0.3, -0.25) is 0 Å². The van der Waals surface area contributed by atoms with E-state index in [9.17, 15) is 0 Å². The summed E-state index contributed by atoms with van der Waals surface area (Å²) in [5, 5.41) is 3.48. The van der Waals surface area contributed by atoms with E-state index in [2.05, 4.69) is 30.4 Å². The minimum atomic E-state index is 0.356. The topological polar surface area (TPSA) is 21.3 Å². The van der Waals surface area contributed by atoms with Gasteiger partial charge in [-0.15, -0.1) is 0 Å². The van der Waals surface area contributed by atoms with Crippen molar-refractivity contribution in [2.75, 3.05) is 13.1 Å². The van der Waals surface area contributed by atoms with Crippen LogP contribution in [0, 0.1) is 0 Å². The van der Waals surface area contributed by atoms with E-state index in [1.807, 2.05) is 0 Å². The van der Waals surface area contributed by atoms with Crippen LogP contribution in [0.25, 0.3) is 0 Å². The van der Waals surface area contributed by atoms with E-state index < -0.39 is 0 Å². The molecule has 2 heterocycles. The van der Waals surface area contributed by atoms with Gasteiger partial charge in [0.25, 0.3) is 0 Å². The molecule has 2 unspecified atom stereocenters. The molecule has 1 saturated heterocycles. The maximum absolute atomic E-state index is 5.73. The molecule has 1 aromatic rings. The highest BCUT2D eigenvalue weighted by molar-refractivity contribution is 5.41. The molecule has 0 aromatic heterocycles. The van der Waals surface area contributed by atoms with Crippen molar-refractivity contribution in [3.63, 3.8) is 0 Å². The summed E-state index contributed by atoms with van der Waals surface area (Å²) in [7, 11) is 0. The summed E-state index contributed by atoms with van der Waals surface area (Å²) >= 11 is 0. The average Bonchev–Trinajstić information content (AvgIpc) is 2.69. The first kappa shape index (κ1) is 10.2. The van der Waals surface area contributed by atoms with Crippen LogP contribution in [0.2, 0.25) is 0 Å². The molecule has 1 aromatic carbocycles. The van der Waals surface area contributed by atoms with Gasteiger partial charge in [-0.25, -0.2) is 0 Å². The van der Waals surface area contributed by atoms with Gasteiger partial charge in [0.05, 0.1) is 0 Å². The summed E-state index contributed by atoms with van der Waals surface area (Å²) in [5.41, 5.74) is 2.89. The molecule has 3 rings (SSSR count). The number of rotatable bonds is 1. The Labute approximate surface area is 97.0 Å². The smallest absolute Gasteiger partial charge is 0.123 e. The van der Waals surface area contributed by atoms with E-state index in [1.54, 1.807) is 0 Å². The third-order valence-electron chi connectivity index (χ3n) is 3.69. The molecule has 16 heavy (non-hydrogen) atoms. The number of fused-ring (bicyclic) bond motifs is 1. The Morgan fingerprint density at radius 1 is 1.38 bits per heavy atom. The molecule has 0 amide bonds. The van der Waals surface area contributed by atoms with Crippen molar-refractivity contribution in [2.45, 2.75) is 38.2 Å². The average molecular weight is 217 g/mol. The van der Waals surface area contributed by atoms with Crippen molar-refractivity contribution in [3.8, 4) is 5.75 Å². The lowest BCUT2D eigenvalue weighted by Crippen LogP contribution is -2.28. The van der Waals surface area contributed by atoms with E-state index in [4.69, 9.17) is 4.74 Å². The first-order valence-corrected chi connectivity index (χ1v) is 6.33. The summed E-state index contributed by atoms with van der Waals surface area (Å²) in [6, 6.07) is 6.76. The van der Waals surface area contributed by atoms with Crippen LogP contribution >= 0.6 is 0 Å². The minimum absolute atomic E-state index is 0.356. The van der Waals surface area contributed by atoms with Gasteiger partial charge < -0.3 is 10.1 Å². The quantitative estimate of drug-likeness (QED) is 0.780. The second kappa shape index (κ2) is 4.10. The van der Waals surface area contributed by atoms with E-state index >= 15 is 0 Å². The SMILES string of the molecule is CC1Cc2cc(C3CCCNC3)ccc2O1. The first-order chi connectivity index (χ1) is 7.83. The Bertz CT molecular complexity index is 382. The molecular formula is C14H19NO. The van der Waals surface area contributed by atoms with E-state index in [0.29, 0.717) is 12.0 Å². The lowest BCUT2D eigenvalue weighted by Gasteiger charge is -2.23.